The summed E-state index contributed by atoms with van der Waals surface area (Å²) in [5, 5.41) is 2.54. The molecule has 1 atom stereocenters. The van der Waals surface area contributed by atoms with E-state index in [2.05, 4.69) is 5.32 Å². The third-order valence-corrected chi connectivity index (χ3v) is 1.91. The summed E-state index contributed by atoms with van der Waals surface area (Å²) in [4.78, 5) is 32.1. The van der Waals surface area contributed by atoms with Crippen LogP contribution in [-0.2, 0) is 14.4 Å². The van der Waals surface area contributed by atoms with E-state index in [0.717, 1.165) is 0 Å². The van der Waals surface area contributed by atoms with E-state index >= 15 is 0 Å². The molecular formula is C9H18N4O3. The second kappa shape index (κ2) is 7.63. The molecule has 0 aromatic carbocycles. The van der Waals surface area contributed by atoms with Gasteiger partial charge in [-0.15, -0.1) is 0 Å². The Kier molecular flexibility index (Phi) is 6.86. The summed E-state index contributed by atoms with van der Waals surface area (Å²) >= 11 is 0. The highest BCUT2D eigenvalue weighted by molar-refractivity contribution is 5.87. The standard InChI is InChI=1S/C9H18N4O3/c10-6(5-8(12)15)9(16)13-4-2-1-3-7(11)14/h6H,1-5,10H2,(H2,11,14)(H2,12,15)(H,13,16). The number of hydrogen-bond donors (Lipinski definition) is 4. The smallest absolute Gasteiger partial charge is 0.237 e. The van der Waals surface area contributed by atoms with Crippen molar-refractivity contribution in [2.75, 3.05) is 6.54 Å². The summed E-state index contributed by atoms with van der Waals surface area (Å²) < 4.78 is 0. The highest BCUT2D eigenvalue weighted by atomic mass is 16.2. The van der Waals surface area contributed by atoms with Crippen LogP contribution in [0, 0.1) is 0 Å². The van der Waals surface area contributed by atoms with Crippen LogP contribution in [0.5, 0.6) is 0 Å². The molecule has 3 amide bonds. The molecule has 0 aromatic heterocycles. The van der Waals surface area contributed by atoms with Gasteiger partial charge in [0.2, 0.25) is 17.7 Å². The van der Waals surface area contributed by atoms with Gasteiger partial charge in [0.1, 0.15) is 0 Å². The molecule has 1 unspecified atom stereocenters. The first kappa shape index (κ1) is 14.4. The van der Waals surface area contributed by atoms with Crippen LogP contribution < -0.4 is 22.5 Å². The molecule has 0 bridgehead atoms. The van der Waals surface area contributed by atoms with Crippen LogP contribution in [0.3, 0.4) is 0 Å². The van der Waals surface area contributed by atoms with Crippen molar-refractivity contribution in [2.24, 2.45) is 17.2 Å². The molecule has 7 nitrogen and oxygen atoms in total. The minimum Gasteiger partial charge on any atom is -0.370 e. The fourth-order valence-corrected chi connectivity index (χ4v) is 1.08. The number of carbonyl (C=O) groups excluding carboxylic acids is 3. The lowest BCUT2D eigenvalue weighted by molar-refractivity contribution is -0.126. The number of hydrogen-bond acceptors (Lipinski definition) is 4. The third-order valence-electron chi connectivity index (χ3n) is 1.91. The third kappa shape index (κ3) is 7.74. The van der Waals surface area contributed by atoms with E-state index < -0.39 is 17.9 Å². The Hall–Kier alpha value is -1.63. The van der Waals surface area contributed by atoms with Gasteiger partial charge < -0.3 is 22.5 Å². The SMILES string of the molecule is NC(=O)CCCCNC(=O)C(N)CC(N)=O. The molecule has 0 saturated carbocycles. The van der Waals surface area contributed by atoms with Crippen LogP contribution in [0.2, 0.25) is 0 Å². The first-order chi connectivity index (χ1) is 7.43. The Morgan fingerprint density at radius 3 is 2.19 bits per heavy atom. The summed E-state index contributed by atoms with van der Waals surface area (Å²) in [5.41, 5.74) is 15.2. The Labute approximate surface area is 93.7 Å². The van der Waals surface area contributed by atoms with Crippen molar-refractivity contribution in [1.29, 1.82) is 0 Å². The van der Waals surface area contributed by atoms with Crippen molar-refractivity contribution in [1.82, 2.24) is 5.32 Å². The van der Waals surface area contributed by atoms with Crippen molar-refractivity contribution in [2.45, 2.75) is 31.7 Å². The van der Waals surface area contributed by atoms with E-state index in [1.807, 2.05) is 0 Å². The number of nitrogens with two attached hydrogens (primary N) is 3. The fraction of sp³-hybridized carbons (Fsp3) is 0.667. The zero-order valence-corrected chi connectivity index (χ0v) is 9.07. The van der Waals surface area contributed by atoms with E-state index in [-0.39, 0.29) is 12.3 Å². The van der Waals surface area contributed by atoms with Crippen LogP contribution >= 0.6 is 0 Å². The summed E-state index contributed by atoms with van der Waals surface area (Å²) in [6.07, 6.45) is 1.37. The van der Waals surface area contributed by atoms with E-state index in [9.17, 15) is 14.4 Å². The molecule has 7 N–H and O–H groups in total. The predicted molar refractivity (Wildman–Crippen MR) is 57.8 cm³/mol. The van der Waals surface area contributed by atoms with Crippen molar-refractivity contribution in [3.8, 4) is 0 Å². The van der Waals surface area contributed by atoms with Gasteiger partial charge in [0.05, 0.1) is 12.5 Å². The van der Waals surface area contributed by atoms with E-state index in [1.165, 1.54) is 0 Å². The number of unbranched alkanes of at least 4 members (excludes halogenated alkanes) is 1. The Bertz CT molecular complexity index is 267. The van der Waals surface area contributed by atoms with E-state index in [0.29, 0.717) is 25.8 Å². The zero-order valence-electron chi connectivity index (χ0n) is 9.07. The average molecular weight is 230 g/mol. The monoisotopic (exact) mass is 230 g/mol. The van der Waals surface area contributed by atoms with Gasteiger partial charge in [0.25, 0.3) is 0 Å². The van der Waals surface area contributed by atoms with Crippen molar-refractivity contribution in [3.63, 3.8) is 0 Å². The minimum atomic E-state index is -0.909. The van der Waals surface area contributed by atoms with Crippen LogP contribution in [0.1, 0.15) is 25.7 Å². The van der Waals surface area contributed by atoms with Gasteiger partial charge in [-0.05, 0) is 12.8 Å². The second-order valence-corrected chi connectivity index (χ2v) is 3.49. The van der Waals surface area contributed by atoms with Gasteiger partial charge in [-0.25, -0.2) is 0 Å². The molecule has 16 heavy (non-hydrogen) atoms. The lowest BCUT2D eigenvalue weighted by Gasteiger charge is -2.09. The van der Waals surface area contributed by atoms with Crippen LogP contribution in [0.4, 0.5) is 0 Å². The molecule has 92 valence electrons. The number of primary amides is 2. The highest BCUT2D eigenvalue weighted by Gasteiger charge is 2.14. The molecule has 0 spiro atoms. The normalized spacial score (nSPS) is 11.8. The van der Waals surface area contributed by atoms with E-state index in [4.69, 9.17) is 17.2 Å². The zero-order chi connectivity index (χ0) is 12.6. The Balaban J connectivity index is 3.57. The summed E-state index contributed by atoms with van der Waals surface area (Å²) in [6.45, 7) is 0.401. The number of carbonyl (C=O) groups is 3. The van der Waals surface area contributed by atoms with Gasteiger partial charge in [0, 0.05) is 13.0 Å². The topological polar surface area (TPSA) is 141 Å². The number of rotatable bonds is 8. The molecule has 0 saturated heterocycles. The largest absolute Gasteiger partial charge is 0.370 e. The first-order valence-corrected chi connectivity index (χ1v) is 5.03. The van der Waals surface area contributed by atoms with Gasteiger partial charge in [-0.3, -0.25) is 14.4 Å². The quantitative estimate of drug-likeness (QED) is 0.356. The molecule has 0 aliphatic heterocycles. The second-order valence-electron chi connectivity index (χ2n) is 3.49. The van der Waals surface area contributed by atoms with Crippen molar-refractivity contribution in [3.05, 3.63) is 0 Å². The number of amides is 3. The Morgan fingerprint density at radius 1 is 1.06 bits per heavy atom. The molecule has 0 aromatic rings. The molecule has 0 aliphatic rings. The summed E-state index contributed by atoms with van der Waals surface area (Å²) in [7, 11) is 0. The van der Waals surface area contributed by atoms with Crippen LogP contribution in [-0.4, -0.2) is 30.3 Å². The maximum Gasteiger partial charge on any atom is 0.237 e. The fourth-order valence-electron chi connectivity index (χ4n) is 1.08. The van der Waals surface area contributed by atoms with Gasteiger partial charge in [-0.1, -0.05) is 0 Å². The molecule has 0 aliphatic carbocycles. The molecular weight excluding hydrogens is 212 g/mol. The van der Waals surface area contributed by atoms with Crippen LogP contribution in [0.25, 0.3) is 0 Å². The lowest BCUT2D eigenvalue weighted by atomic mass is 10.2. The van der Waals surface area contributed by atoms with Gasteiger partial charge >= 0.3 is 0 Å². The maximum absolute atomic E-state index is 11.2. The highest BCUT2D eigenvalue weighted by Crippen LogP contribution is 1.93. The predicted octanol–water partition coefficient (Wildman–Crippen LogP) is -2.04. The average Bonchev–Trinajstić information content (AvgIpc) is 2.15. The van der Waals surface area contributed by atoms with Gasteiger partial charge in [-0.2, -0.15) is 0 Å². The Morgan fingerprint density at radius 2 is 1.69 bits per heavy atom. The maximum atomic E-state index is 11.2. The first-order valence-electron chi connectivity index (χ1n) is 5.03. The molecule has 7 heteroatoms. The number of nitrogens with one attached hydrogen (secondary N) is 1. The van der Waals surface area contributed by atoms with Gasteiger partial charge in [0.15, 0.2) is 0 Å². The molecule has 0 fully saturated rings. The minimum absolute atomic E-state index is 0.173. The molecule has 0 rings (SSSR count). The molecule has 0 heterocycles. The molecule has 0 radical (unpaired) electrons. The van der Waals surface area contributed by atoms with E-state index in [1.54, 1.807) is 0 Å². The lowest BCUT2D eigenvalue weighted by Crippen LogP contribution is -2.43. The van der Waals surface area contributed by atoms with Crippen molar-refractivity contribution < 1.29 is 14.4 Å². The summed E-state index contributed by atoms with van der Waals surface area (Å²) in [6, 6.07) is -0.909. The summed E-state index contributed by atoms with van der Waals surface area (Å²) in [5.74, 6) is -1.40. The van der Waals surface area contributed by atoms with Crippen molar-refractivity contribution >= 4 is 17.7 Å². The van der Waals surface area contributed by atoms with Crippen LogP contribution in [0.15, 0.2) is 0 Å².